The summed E-state index contributed by atoms with van der Waals surface area (Å²) in [4.78, 5) is 4.49. The van der Waals surface area contributed by atoms with Gasteiger partial charge < -0.3 is 4.98 Å². The molecule has 3 aromatic rings. The fourth-order valence-corrected chi connectivity index (χ4v) is 3.16. The average Bonchev–Trinajstić information content (AvgIpc) is 2.95. The van der Waals surface area contributed by atoms with Crippen molar-refractivity contribution in [2.75, 3.05) is 6.26 Å². The maximum atomic E-state index is 5.49. The first-order valence-corrected chi connectivity index (χ1v) is 8.11. The van der Waals surface area contributed by atoms with Gasteiger partial charge in [0.25, 0.3) is 0 Å². The van der Waals surface area contributed by atoms with Gasteiger partial charge in [0.05, 0.1) is 11.4 Å². The zero-order chi connectivity index (χ0) is 14.3. The summed E-state index contributed by atoms with van der Waals surface area (Å²) in [6.45, 7) is 4.91. The van der Waals surface area contributed by atoms with Gasteiger partial charge in [-0.05, 0) is 50.5 Å². The van der Waals surface area contributed by atoms with Crippen LogP contribution in [0.25, 0.3) is 16.9 Å². The molecule has 6 heteroatoms. The minimum absolute atomic E-state index is 0.709. The fourth-order valence-electron chi connectivity index (χ4n) is 2.41. The summed E-state index contributed by atoms with van der Waals surface area (Å²) < 4.78 is 4.76. The lowest BCUT2D eigenvalue weighted by atomic mass is 10.3. The van der Waals surface area contributed by atoms with Crippen molar-refractivity contribution in [3.63, 3.8) is 0 Å². The highest BCUT2D eigenvalue weighted by atomic mass is 32.2. The lowest BCUT2D eigenvalue weighted by Crippen LogP contribution is -2.03. The molecule has 0 radical (unpaired) electrons. The summed E-state index contributed by atoms with van der Waals surface area (Å²) in [5.74, 6) is 0. The Kier molecular flexibility index (Phi) is 3.43. The van der Waals surface area contributed by atoms with Crippen LogP contribution in [0.15, 0.2) is 29.2 Å². The molecule has 104 valence electrons. The van der Waals surface area contributed by atoms with E-state index in [1.54, 1.807) is 11.8 Å². The van der Waals surface area contributed by atoms with Crippen molar-refractivity contribution in [3.05, 3.63) is 34.7 Å². The molecule has 1 aromatic carbocycles. The molecule has 0 atom stereocenters. The van der Waals surface area contributed by atoms with Gasteiger partial charge in [-0.15, -0.1) is 11.8 Å². The number of nitrogens with one attached hydrogen (secondary N) is 1. The molecule has 20 heavy (non-hydrogen) atoms. The number of rotatable bonds is 3. The first kappa shape index (κ1) is 13.5. The molecular weight excluding hydrogens is 288 g/mol. The van der Waals surface area contributed by atoms with E-state index in [1.807, 2.05) is 11.6 Å². The van der Waals surface area contributed by atoms with E-state index in [9.17, 15) is 0 Å². The quantitative estimate of drug-likeness (QED) is 0.588. The van der Waals surface area contributed by atoms with Crippen molar-refractivity contribution < 1.29 is 0 Å². The zero-order valence-corrected chi connectivity index (χ0v) is 13.3. The molecule has 0 aliphatic carbocycles. The van der Waals surface area contributed by atoms with Gasteiger partial charge in [0.15, 0.2) is 10.4 Å². The molecule has 0 saturated carbocycles. The number of nitrogens with zero attached hydrogens (tertiary/aromatic N) is 3. The Bertz CT molecular complexity index is 825. The Morgan fingerprint density at radius 3 is 2.90 bits per heavy atom. The van der Waals surface area contributed by atoms with Gasteiger partial charge in [-0.25, -0.2) is 4.68 Å². The smallest absolute Gasteiger partial charge is 0.184 e. The highest BCUT2D eigenvalue weighted by molar-refractivity contribution is 7.98. The topological polar surface area (TPSA) is 38.5 Å². The first-order valence-electron chi connectivity index (χ1n) is 6.48. The number of hydrogen-bond donors (Lipinski definition) is 1. The monoisotopic (exact) mass is 304 g/mol. The lowest BCUT2D eigenvalue weighted by molar-refractivity contribution is 0.661. The number of thioether (sulfide) groups is 1. The van der Waals surface area contributed by atoms with Crippen molar-refractivity contribution in [1.82, 2.24) is 19.3 Å². The van der Waals surface area contributed by atoms with Gasteiger partial charge in [-0.3, -0.25) is 4.57 Å². The number of benzene rings is 1. The third-order valence-electron chi connectivity index (χ3n) is 3.36. The van der Waals surface area contributed by atoms with Crippen LogP contribution in [0.5, 0.6) is 0 Å². The van der Waals surface area contributed by atoms with Gasteiger partial charge in [0.1, 0.15) is 5.52 Å². The minimum Gasteiger partial charge on any atom is -0.327 e. The number of aromatic nitrogens is 4. The highest BCUT2D eigenvalue weighted by Gasteiger charge is 2.15. The third-order valence-corrected chi connectivity index (χ3v) is 4.37. The van der Waals surface area contributed by atoms with Crippen molar-refractivity contribution in [2.24, 2.45) is 0 Å². The molecule has 2 aromatic heterocycles. The molecule has 0 spiro atoms. The summed E-state index contributed by atoms with van der Waals surface area (Å²) in [7, 11) is 0. The normalized spacial score (nSPS) is 11.3. The van der Waals surface area contributed by atoms with Gasteiger partial charge in [0, 0.05) is 11.4 Å². The molecule has 0 unspecified atom stereocenters. The summed E-state index contributed by atoms with van der Waals surface area (Å²) in [6, 6.07) is 8.38. The largest absolute Gasteiger partial charge is 0.327 e. The van der Waals surface area contributed by atoms with E-state index in [-0.39, 0.29) is 0 Å². The number of imidazole rings is 1. The number of fused-ring (bicyclic) bond motifs is 1. The first-order chi connectivity index (χ1) is 9.65. The molecule has 3 rings (SSSR count). The van der Waals surface area contributed by atoms with Crippen LogP contribution in [0.3, 0.4) is 0 Å². The van der Waals surface area contributed by atoms with Crippen molar-refractivity contribution in [3.8, 4) is 5.69 Å². The van der Waals surface area contributed by atoms with Gasteiger partial charge in [0.2, 0.25) is 0 Å². The van der Waals surface area contributed by atoms with E-state index in [4.69, 9.17) is 12.2 Å². The third kappa shape index (κ3) is 1.99. The van der Waals surface area contributed by atoms with Crippen molar-refractivity contribution >= 4 is 35.1 Å². The number of aromatic amines is 1. The maximum Gasteiger partial charge on any atom is 0.184 e. The number of H-pyrrole nitrogens is 1. The van der Waals surface area contributed by atoms with Gasteiger partial charge >= 0.3 is 0 Å². The summed E-state index contributed by atoms with van der Waals surface area (Å²) in [6.07, 6.45) is 2.07. The van der Waals surface area contributed by atoms with Crippen LogP contribution in [0.4, 0.5) is 0 Å². The molecule has 1 N–H and O–H groups in total. The predicted molar refractivity (Wildman–Crippen MR) is 86.4 cm³/mol. The van der Waals surface area contributed by atoms with Crippen molar-refractivity contribution in [2.45, 2.75) is 25.3 Å². The standard InChI is InChI=1S/C14H16N4S2/c1-4-17-13-12(9(2)16-17)15-14(19)18(13)10-6-5-7-11(8-10)20-3/h5-8H,4H2,1-3H3,(H,15,19). The fraction of sp³-hybridized carbons (Fsp3) is 0.286. The van der Waals surface area contributed by atoms with Crippen LogP contribution in [0, 0.1) is 11.7 Å². The van der Waals surface area contributed by atoms with Crippen LogP contribution in [0.1, 0.15) is 12.6 Å². The predicted octanol–water partition coefficient (Wildman–Crippen LogP) is 3.93. The maximum absolute atomic E-state index is 5.49. The van der Waals surface area contributed by atoms with E-state index in [2.05, 4.69) is 52.1 Å². The highest BCUT2D eigenvalue weighted by Crippen LogP contribution is 2.24. The van der Waals surface area contributed by atoms with E-state index >= 15 is 0 Å². The summed E-state index contributed by atoms with van der Waals surface area (Å²) >= 11 is 7.22. The zero-order valence-electron chi connectivity index (χ0n) is 11.7. The molecule has 4 nitrogen and oxygen atoms in total. The molecule has 2 heterocycles. The Balaban J connectivity index is 2.34. The summed E-state index contributed by atoms with van der Waals surface area (Å²) in [5.41, 5.74) is 4.11. The Morgan fingerprint density at radius 2 is 2.20 bits per heavy atom. The van der Waals surface area contributed by atoms with Crippen LogP contribution in [-0.2, 0) is 6.54 Å². The summed E-state index contributed by atoms with van der Waals surface area (Å²) in [5, 5.41) is 4.55. The second-order valence-electron chi connectivity index (χ2n) is 4.57. The molecule has 0 aliphatic heterocycles. The Morgan fingerprint density at radius 1 is 1.40 bits per heavy atom. The Hall–Kier alpha value is -1.53. The minimum atomic E-state index is 0.709. The second-order valence-corrected chi connectivity index (χ2v) is 5.83. The van der Waals surface area contributed by atoms with Gasteiger partial charge in [-0.1, -0.05) is 6.07 Å². The van der Waals surface area contributed by atoms with E-state index < -0.39 is 0 Å². The van der Waals surface area contributed by atoms with Gasteiger partial charge in [-0.2, -0.15) is 5.10 Å². The number of aryl methyl sites for hydroxylation is 2. The lowest BCUT2D eigenvalue weighted by Gasteiger charge is -2.07. The Labute approximate surface area is 126 Å². The molecule has 0 aliphatic rings. The van der Waals surface area contributed by atoms with Crippen LogP contribution in [0.2, 0.25) is 0 Å². The van der Waals surface area contributed by atoms with E-state index in [0.29, 0.717) is 4.77 Å². The number of hydrogen-bond acceptors (Lipinski definition) is 3. The van der Waals surface area contributed by atoms with Crippen LogP contribution in [-0.4, -0.2) is 25.6 Å². The van der Waals surface area contributed by atoms with Crippen LogP contribution >= 0.6 is 24.0 Å². The molecule has 0 saturated heterocycles. The van der Waals surface area contributed by atoms with Crippen LogP contribution < -0.4 is 0 Å². The van der Waals surface area contributed by atoms with E-state index in [0.717, 1.165) is 29.1 Å². The molecule has 0 amide bonds. The average molecular weight is 304 g/mol. The van der Waals surface area contributed by atoms with E-state index in [1.165, 1.54) is 4.90 Å². The second kappa shape index (κ2) is 5.10. The molecule has 0 fully saturated rings. The molecular formula is C14H16N4S2. The molecule has 0 bridgehead atoms. The van der Waals surface area contributed by atoms with Crippen molar-refractivity contribution in [1.29, 1.82) is 0 Å². The SMILES string of the molecule is CCn1nc(C)c2[nH]c(=S)n(-c3cccc(SC)c3)c21.